The molecule has 0 fully saturated rings. The van der Waals surface area contributed by atoms with Crippen molar-refractivity contribution in [1.29, 1.82) is 0 Å². The van der Waals surface area contributed by atoms with E-state index >= 15 is 0 Å². The van der Waals surface area contributed by atoms with E-state index < -0.39 is 0 Å². The smallest absolute Gasteiger partial charge is 0.0215 e. The van der Waals surface area contributed by atoms with Crippen LogP contribution in [0.2, 0.25) is 0 Å². The zero-order valence-corrected chi connectivity index (χ0v) is 30.9. The predicted octanol–water partition coefficient (Wildman–Crippen LogP) is 15.7. The van der Waals surface area contributed by atoms with Gasteiger partial charge in [0.25, 0.3) is 0 Å². The summed E-state index contributed by atoms with van der Waals surface area (Å²) in [6, 6.07) is 46.5. The lowest BCUT2D eigenvalue weighted by molar-refractivity contribution is 0.399. The zero-order valence-electron chi connectivity index (χ0n) is 30.9. The Morgan fingerprint density at radius 2 is 0.863 bits per heavy atom. The molecule has 0 heteroatoms. The molecule has 0 aliphatic heterocycles. The molecule has 0 amide bonds. The Hall–Kier alpha value is -4.42. The summed E-state index contributed by atoms with van der Waals surface area (Å²) in [5.74, 6) is 0. The van der Waals surface area contributed by atoms with E-state index in [9.17, 15) is 0 Å². The molecule has 0 spiro atoms. The van der Waals surface area contributed by atoms with E-state index in [1.807, 2.05) is 0 Å². The Morgan fingerprint density at radius 3 is 1.45 bits per heavy atom. The summed E-state index contributed by atoms with van der Waals surface area (Å²) in [7, 11) is 0. The van der Waals surface area contributed by atoms with Gasteiger partial charge in [0.2, 0.25) is 0 Å². The average molecular weight is 667 g/mol. The lowest BCUT2D eigenvalue weighted by atomic mass is 9.69. The molecule has 0 radical (unpaired) electrons. The van der Waals surface area contributed by atoms with Crippen molar-refractivity contribution in [3.63, 3.8) is 0 Å². The van der Waals surface area contributed by atoms with Crippen molar-refractivity contribution in [3.05, 3.63) is 132 Å². The molecule has 7 aromatic rings. The van der Waals surface area contributed by atoms with Crippen molar-refractivity contribution in [2.24, 2.45) is 0 Å². The molecule has 0 saturated carbocycles. The third-order valence-corrected chi connectivity index (χ3v) is 12.2. The molecular weight excluding hydrogens is 613 g/mol. The van der Waals surface area contributed by atoms with Gasteiger partial charge >= 0.3 is 0 Å². The molecule has 0 N–H and O–H groups in total. The quantitative estimate of drug-likeness (QED) is 0.0547. The first kappa shape index (κ1) is 33.7. The van der Waals surface area contributed by atoms with Crippen molar-refractivity contribution < 1.29 is 0 Å². The standard InChI is InChI=1S/C51H54/c1-3-5-7-9-11-20-33-51(34-21-12-10-8-6-4-2)45-30-22-25-38-31-32-39-35-40(36-46(51)50(39)49(38)45)48-43-28-18-16-26-41(43)47(37-23-14-13-15-24-37)42-27-17-19-29-44(42)48/h13-19,22-32,35-36H,3-12,20-21,33-34H2,1-2H3. The molecule has 0 aromatic heterocycles. The van der Waals surface area contributed by atoms with Crippen LogP contribution in [0.15, 0.2) is 121 Å². The molecule has 1 aliphatic carbocycles. The maximum Gasteiger partial charge on any atom is 0.0215 e. The van der Waals surface area contributed by atoms with Crippen molar-refractivity contribution in [2.45, 2.75) is 109 Å². The number of hydrogen-bond acceptors (Lipinski definition) is 0. The third kappa shape index (κ3) is 6.16. The first-order valence-corrected chi connectivity index (χ1v) is 20.2. The van der Waals surface area contributed by atoms with Gasteiger partial charge in [-0.3, -0.25) is 0 Å². The van der Waals surface area contributed by atoms with Crippen LogP contribution in [-0.4, -0.2) is 0 Å². The molecule has 7 aromatic carbocycles. The van der Waals surface area contributed by atoms with Crippen LogP contribution in [0.5, 0.6) is 0 Å². The number of benzene rings is 7. The van der Waals surface area contributed by atoms with E-state index in [1.165, 1.54) is 155 Å². The van der Waals surface area contributed by atoms with E-state index in [-0.39, 0.29) is 5.41 Å². The zero-order chi connectivity index (χ0) is 34.6. The molecular formula is C51H54. The SMILES string of the molecule is CCCCCCCCC1(CCCCCCCC)c2cccc3ccc4cc(-c5c6ccccc6c(-c6ccccc6)c6ccccc56)cc1c4c23. The second kappa shape index (κ2) is 15.1. The third-order valence-electron chi connectivity index (χ3n) is 12.2. The maximum absolute atomic E-state index is 2.67. The summed E-state index contributed by atoms with van der Waals surface area (Å²) in [5.41, 5.74) is 8.63. The van der Waals surface area contributed by atoms with E-state index in [0.29, 0.717) is 0 Å². The second-order valence-corrected chi connectivity index (χ2v) is 15.4. The summed E-state index contributed by atoms with van der Waals surface area (Å²) in [4.78, 5) is 0. The van der Waals surface area contributed by atoms with E-state index in [1.54, 1.807) is 11.1 Å². The molecule has 0 nitrogen and oxygen atoms in total. The van der Waals surface area contributed by atoms with Crippen LogP contribution in [0, 0.1) is 0 Å². The van der Waals surface area contributed by atoms with Crippen LogP contribution in [0.25, 0.3) is 65.3 Å². The number of rotatable bonds is 16. The van der Waals surface area contributed by atoms with Gasteiger partial charge in [-0.05, 0) is 101 Å². The second-order valence-electron chi connectivity index (χ2n) is 15.4. The molecule has 0 saturated heterocycles. The Morgan fingerprint density at radius 1 is 0.373 bits per heavy atom. The molecule has 0 atom stereocenters. The van der Waals surface area contributed by atoms with Gasteiger partial charge in [0.1, 0.15) is 0 Å². The molecule has 0 bridgehead atoms. The molecule has 258 valence electrons. The normalized spacial score (nSPS) is 13.4. The monoisotopic (exact) mass is 666 g/mol. The van der Waals surface area contributed by atoms with Gasteiger partial charge in [-0.15, -0.1) is 0 Å². The summed E-state index contributed by atoms with van der Waals surface area (Å²) in [5, 5.41) is 11.2. The van der Waals surface area contributed by atoms with Gasteiger partial charge in [0.15, 0.2) is 0 Å². The molecule has 1 aliphatic rings. The van der Waals surface area contributed by atoms with E-state index in [0.717, 1.165) is 0 Å². The van der Waals surface area contributed by atoms with Gasteiger partial charge in [0, 0.05) is 5.41 Å². The van der Waals surface area contributed by atoms with E-state index in [4.69, 9.17) is 0 Å². The minimum Gasteiger partial charge on any atom is -0.0654 e. The molecule has 8 rings (SSSR count). The Kier molecular flexibility index (Phi) is 9.95. The fourth-order valence-electron chi connectivity index (χ4n) is 9.74. The van der Waals surface area contributed by atoms with Crippen LogP contribution < -0.4 is 0 Å². The van der Waals surface area contributed by atoms with Gasteiger partial charge in [-0.1, -0.05) is 200 Å². The Bertz CT molecular complexity index is 2220. The van der Waals surface area contributed by atoms with Gasteiger partial charge in [-0.25, -0.2) is 0 Å². The summed E-state index contributed by atoms with van der Waals surface area (Å²) in [6.45, 7) is 4.65. The van der Waals surface area contributed by atoms with Crippen molar-refractivity contribution in [3.8, 4) is 22.3 Å². The summed E-state index contributed by atoms with van der Waals surface area (Å²) in [6.07, 6.45) is 18.6. The number of fused-ring (bicyclic) bond motifs is 2. The Balaban J connectivity index is 1.33. The van der Waals surface area contributed by atoms with Crippen molar-refractivity contribution in [2.75, 3.05) is 0 Å². The first-order valence-electron chi connectivity index (χ1n) is 20.2. The van der Waals surface area contributed by atoms with Gasteiger partial charge in [0.05, 0.1) is 0 Å². The highest BCUT2D eigenvalue weighted by Gasteiger charge is 2.41. The highest BCUT2D eigenvalue weighted by molar-refractivity contribution is 6.23. The number of unbranched alkanes of at least 4 members (excludes halogenated alkanes) is 10. The fraction of sp³-hybridized carbons (Fsp3) is 0.333. The van der Waals surface area contributed by atoms with Crippen LogP contribution in [-0.2, 0) is 5.41 Å². The van der Waals surface area contributed by atoms with Crippen molar-refractivity contribution in [1.82, 2.24) is 0 Å². The van der Waals surface area contributed by atoms with Crippen molar-refractivity contribution >= 4 is 43.1 Å². The lowest BCUT2D eigenvalue weighted by Gasteiger charge is -2.34. The number of hydrogen-bond donors (Lipinski definition) is 0. The summed E-state index contributed by atoms with van der Waals surface area (Å²) >= 11 is 0. The molecule has 51 heavy (non-hydrogen) atoms. The van der Waals surface area contributed by atoms with Crippen LogP contribution in [0.3, 0.4) is 0 Å². The highest BCUT2D eigenvalue weighted by atomic mass is 14.4. The van der Waals surface area contributed by atoms with Crippen LogP contribution >= 0.6 is 0 Å². The summed E-state index contributed by atoms with van der Waals surface area (Å²) < 4.78 is 0. The fourth-order valence-corrected chi connectivity index (χ4v) is 9.74. The topological polar surface area (TPSA) is 0 Å². The highest BCUT2D eigenvalue weighted by Crippen LogP contribution is 2.56. The minimum atomic E-state index is 0.0581. The van der Waals surface area contributed by atoms with E-state index in [2.05, 4.69) is 135 Å². The van der Waals surface area contributed by atoms with Crippen LogP contribution in [0.1, 0.15) is 115 Å². The molecule has 0 heterocycles. The largest absolute Gasteiger partial charge is 0.0654 e. The van der Waals surface area contributed by atoms with Gasteiger partial charge < -0.3 is 0 Å². The van der Waals surface area contributed by atoms with Gasteiger partial charge in [-0.2, -0.15) is 0 Å². The minimum absolute atomic E-state index is 0.0581. The Labute approximate surface area is 305 Å². The van der Waals surface area contributed by atoms with Crippen LogP contribution in [0.4, 0.5) is 0 Å². The average Bonchev–Trinajstić information content (AvgIpc) is 3.46. The maximum atomic E-state index is 2.67. The lowest BCUT2D eigenvalue weighted by Crippen LogP contribution is -2.26. The predicted molar refractivity (Wildman–Crippen MR) is 224 cm³/mol. The molecule has 0 unspecified atom stereocenters. The first-order chi connectivity index (χ1) is 25.2.